The fourth-order valence-corrected chi connectivity index (χ4v) is 3.49. The second kappa shape index (κ2) is 9.43. The first-order valence-electron chi connectivity index (χ1n) is 10.1. The number of fused-ring (bicyclic) bond motifs is 2. The molecule has 0 unspecified atom stereocenters. The van der Waals surface area contributed by atoms with Gasteiger partial charge in [0.1, 0.15) is 5.78 Å². The molecule has 0 saturated heterocycles. The number of methoxy groups -OCH3 is 2. The van der Waals surface area contributed by atoms with Crippen LogP contribution in [0.25, 0.3) is 0 Å². The second-order valence-electron chi connectivity index (χ2n) is 7.73. The van der Waals surface area contributed by atoms with Crippen LogP contribution in [0, 0.1) is 0 Å². The summed E-state index contributed by atoms with van der Waals surface area (Å²) in [5.41, 5.74) is 1.61. The predicted octanol–water partition coefficient (Wildman–Crippen LogP) is 2.16. The molecule has 0 N–H and O–H groups in total. The Hall–Kier alpha value is -3.69. The first-order valence-corrected chi connectivity index (χ1v) is 10.1. The standard InChI is InChI=1S/C13H15NO4.C11H9NO3/c1-13(17-2,18-3)8-14-11(15)9-6-4-5-7-10(9)12(14)16;1-7(13)6-12-10(14)8-4-2-3-5-9(8)11(12)15/h4-7H,8H2,1-3H3;2-5H,6H2,1H3. The molecule has 0 radical (unpaired) electrons. The third-order valence-corrected chi connectivity index (χ3v) is 5.45. The minimum atomic E-state index is -0.993. The number of ether oxygens (including phenoxy) is 2. The lowest BCUT2D eigenvalue weighted by Gasteiger charge is -2.29. The number of ketones is 1. The SMILES string of the molecule is CC(=O)CN1C(=O)c2ccccc2C1=O.COC(C)(CN1C(=O)c2ccccc2C1=O)OC. The van der Waals surface area contributed by atoms with E-state index in [4.69, 9.17) is 9.47 Å². The van der Waals surface area contributed by atoms with Gasteiger partial charge in [-0.25, -0.2) is 0 Å². The summed E-state index contributed by atoms with van der Waals surface area (Å²) in [6, 6.07) is 13.3. The van der Waals surface area contributed by atoms with Gasteiger partial charge in [-0.1, -0.05) is 24.3 Å². The number of carbonyl (C=O) groups excluding carboxylic acids is 5. The van der Waals surface area contributed by atoms with Gasteiger partial charge < -0.3 is 9.47 Å². The van der Waals surface area contributed by atoms with E-state index in [0.717, 1.165) is 9.80 Å². The lowest BCUT2D eigenvalue weighted by Crippen LogP contribution is -2.46. The monoisotopic (exact) mass is 452 g/mol. The summed E-state index contributed by atoms with van der Waals surface area (Å²) in [7, 11) is 2.95. The summed E-state index contributed by atoms with van der Waals surface area (Å²) >= 11 is 0. The minimum Gasteiger partial charge on any atom is -0.352 e. The van der Waals surface area contributed by atoms with Crippen molar-refractivity contribution in [3.8, 4) is 0 Å². The van der Waals surface area contributed by atoms with Crippen LogP contribution in [0.3, 0.4) is 0 Å². The molecule has 0 spiro atoms. The molecular formula is C24H24N2O7. The molecule has 2 aromatic carbocycles. The Morgan fingerprint density at radius 1 is 0.727 bits per heavy atom. The van der Waals surface area contributed by atoms with Crippen molar-refractivity contribution < 1.29 is 33.4 Å². The Morgan fingerprint density at radius 3 is 1.36 bits per heavy atom. The molecule has 2 aliphatic rings. The Morgan fingerprint density at radius 2 is 1.06 bits per heavy atom. The van der Waals surface area contributed by atoms with Crippen LogP contribution in [-0.2, 0) is 14.3 Å². The number of benzene rings is 2. The smallest absolute Gasteiger partial charge is 0.261 e. The second-order valence-corrected chi connectivity index (χ2v) is 7.73. The van der Waals surface area contributed by atoms with E-state index in [2.05, 4.69) is 0 Å². The molecule has 9 heteroatoms. The molecule has 0 fully saturated rings. The largest absolute Gasteiger partial charge is 0.352 e. The maximum atomic E-state index is 12.1. The lowest BCUT2D eigenvalue weighted by atomic mass is 10.1. The Bertz CT molecular complexity index is 1070. The first-order chi connectivity index (χ1) is 15.6. The minimum absolute atomic E-state index is 0.0619. The summed E-state index contributed by atoms with van der Waals surface area (Å²) in [5, 5.41) is 0. The van der Waals surface area contributed by atoms with Crippen LogP contribution in [-0.4, -0.2) is 72.3 Å². The van der Waals surface area contributed by atoms with Crippen molar-refractivity contribution >= 4 is 29.4 Å². The van der Waals surface area contributed by atoms with Crippen molar-refractivity contribution in [2.24, 2.45) is 0 Å². The van der Waals surface area contributed by atoms with Gasteiger partial charge >= 0.3 is 0 Å². The normalized spacial score (nSPS) is 14.8. The van der Waals surface area contributed by atoms with Gasteiger partial charge in [0.15, 0.2) is 5.79 Å². The molecule has 0 aliphatic carbocycles. The van der Waals surface area contributed by atoms with Crippen LogP contribution in [0.4, 0.5) is 0 Å². The average Bonchev–Trinajstić information content (AvgIpc) is 3.20. The van der Waals surface area contributed by atoms with Crippen molar-refractivity contribution in [1.82, 2.24) is 9.80 Å². The van der Waals surface area contributed by atoms with Gasteiger partial charge in [0.2, 0.25) is 0 Å². The molecule has 2 aromatic rings. The number of hydrogen-bond donors (Lipinski definition) is 0. The van der Waals surface area contributed by atoms with Crippen molar-refractivity contribution in [2.45, 2.75) is 19.6 Å². The van der Waals surface area contributed by atoms with Crippen LogP contribution >= 0.6 is 0 Å². The summed E-state index contributed by atoms with van der Waals surface area (Å²) in [6.45, 7) is 2.94. The zero-order valence-corrected chi connectivity index (χ0v) is 18.8. The Labute approximate surface area is 190 Å². The number of imide groups is 2. The van der Waals surface area contributed by atoms with Crippen LogP contribution < -0.4 is 0 Å². The highest BCUT2D eigenvalue weighted by atomic mass is 16.7. The molecule has 9 nitrogen and oxygen atoms in total. The quantitative estimate of drug-likeness (QED) is 0.488. The van der Waals surface area contributed by atoms with E-state index in [-0.39, 0.29) is 42.5 Å². The van der Waals surface area contributed by atoms with Gasteiger partial charge in [0.05, 0.1) is 35.3 Å². The fourth-order valence-electron chi connectivity index (χ4n) is 3.49. The van der Waals surface area contributed by atoms with E-state index in [0.29, 0.717) is 22.3 Å². The maximum absolute atomic E-state index is 12.1. The third-order valence-electron chi connectivity index (χ3n) is 5.45. The van der Waals surface area contributed by atoms with Crippen molar-refractivity contribution in [1.29, 1.82) is 0 Å². The van der Waals surface area contributed by atoms with Crippen LogP contribution in [0.2, 0.25) is 0 Å². The summed E-state index contributed by atoms with van der Waals surface area (Å²) in [6.07, 6.45) is 0. The Kier molecular flexibility index (Phi) is 6.85. The van der Waals surface area contributed by atoms with E-state index in [9.17, 15) is 24.0 Å². The highest BCUT2D eigenvalue weighted by molar-refractivity contribution is 6.22. The number of nitrogens with zero attached hydrogens (tertiary/aromatic N) is 2. The molecule has 0 bridgehead atoms. The Balaban J connectivity index is 0.000000189. The van der Waals surface area contributed by atoms with Crippen LogP contribution in [0.15, 0.2) is 48.5 Å². The van der Waals surface area contributed by atoms with Gasteiger partial charge in [0, 0.05) is 14.2 Å². The number of amides is 4. The van der Waals surface area contributed by atoms with Crippen molar-refractivity contribution in [2.75, 3.05) is 27.3 Å². The summed E-state index contributed by atoms with van der Waals surface area (Å²) in [5.74, 6) is -2.58. The first kappa shape index (κ1) is 24.0. The van der Waals surface area contributed by atoms with Crippen molar-refractivity contribution in [3.63, 3.8) is 0 Å². The molecular weight excluding hydrogens is 428 g/mol. The fraction of sp³-hybridized carbons (Fsp3) is 0.292. The number of carbonyl (C=O) groups is 5. The molecule has 33 heavy (non-hydrogen) atoms. The molecule has 4 rings (SSSR count). The topological polar surface area (TPSA) is 110 Å². The average molecular weight is 452 g/mol. The van der Waals surface area contributed by atoms with Gasteiger partial charge in [-0.2, -0.15) is 0 Å². The van der Waals surface area contributed by atoms with Gasteiger partial charge in [0.25, 0.3) is 23.6 Å². The molecule has 2 aliphatic heterocycles. The van der Waals surface area contributed by atoms with Gasteiger partial charge in [-0.3, -0.25) is 33.8 Å². The van der Waals surface area contributed by atoms with Crippen molar-refractivity contribution in [3.05, 3.63) is 70.8 Å². The van der Waals surface area contributed by atoms with E-state index in [1.54, 1.807) is 55.5 Å². The molecule has 4 amide bonds. The highest BCUT2D eigenvalue weighted by Gasteiger charge is 2.40. The zero-order valence-electron chi connectivity index (χ0n) is 18.8. The summed E-state index contributed by atoms with van der Waals surface area (Å²) < 4.78 is 10.4. The van der Waals surface area contributed by atoms with E-state index in [1.165, 1.54) is 21.1 Å². The van der Waals surface area contributed by atoms with E-state index >= 15 is 0 Å². The predicted molar refractivity (Wildman–Crippen MR) is 117 cm³/mol. The highest BCUT2D eigenvalue weighted by Crippen LogP contribution is 2.25. The number of Topliss-reactive ketones (excluding diaryl/α,β-unsaturated/α-hetero) is 1. The van der Waals surface area contributed by atoms with E-state index < -0.39 is 5.79 Å². The van der Waals surface area contributed by atoms with E-state index in [1.807, 2.05) is 0 Å². The molecule has 0 aromatic heterocycles. The lowest BCUT2D eigenvalue weighted by molar-refractivity contribution is -0.196. The van der Waals surface area contributed by atoms with Crippen LogP contribution in [0.1, 0.15) is 55.3 Å². The molecule has 172 valence electrons. The van der Waals surface area contributed by atoms with Crippen LogP contribution in [0.5, 0.6) is 0 Å². The van der Waals surface area contributed by atoms with Gasteiger partial charge in [-0.15, -0.1) is 0 Å². The molecule has 0 saturated carbocycles. The summed E-state index contributed by atoms with van der Waals surface area (Å²) in [4.78, 5) is 60.6. The number of hydrogen-bond acceptors (Lipinski definition) is 7. The van der Waals surface area contributed by atoms with Gasteiger partial charge in [-0.05, 0) is 38.1 Å². The molecule has 2 heterocycles. The zero-order chi connectivity index (χ0) is 24.3. The number of rotatable bonds is 6. The third kappa shape index (κ3) is 4.59. The molecule has 0 atom stereocenters. The maximum Gasteiger partial charge on any atom is 0.261 e.